The van der Waals surface area contributed by atoms with E-state index in [4.69, 9.17) is 0 Å². The van der Waals surface area contributed by atoms with Crippen molar-refractivity contribution in [1.29, 1.82) is 0 Å². The van der Waals surface area contributed by atoms with Gasteiger partial charge in [0, 0.05) is 37.2 Å². The minimum atomic E-state index is -1.00. The highest BCUT2D eigenvalue weighted by atomic mass is 16.4. The summed E-state index contributed by atoms with van der Waals surface area (Å²) >= 11 is 0. The highest BCUT2D eigenvalue weighted by Gasteiger charge is 2.32. The molecule has 0 radical (unpaired) electrons. The molecule has 0 saturated carbocycles. The molecule has 1 fully saturated rings. The quantitative estimate of drug-likeness (QED) is 0.629. The fourth-order valence-corrected chi connectivity index (χ4v) is 3.13. The van der Waals surface area contributed by atoms with E-state index in [2.05, 4.69) is 10.6 Å². The van der Waals surface area contributed by atoms with Crippen molar-refractivity contribution in [3.63, 3.8) is 0 Å². The molecule has 1 aromatic carbocycles. The number of carbonyl (C=O) groups is 4. The molecule has 152 valence electrons. The summed E-state index contributed by atoms with van der Waals surface area (Å²) in [4.78, 5) is 49.2. The van der Waals surface area contributed by atoms with Crippen molar-refractivity contribution in [2.75, 3.05) is 18.4 Å². The van der Waals surface area contributed by atoms with Crippen molar-refractivity contribution in [2.24, 2.45) is 0 Å². The van der Waals surface area contributed by atoms with Gasteiger partial charge in [-0.05, 0) is 43.9 Å². The molecular weight excluding hydrogens is 362 g/mol. The number of benzene rings is 1. The number of likely N-dealkylation sites (tertiary alicyclic amines) is 1. The van der Waals surface area contributed by atoms with E-state index in [-0.39, 0.29) is 30.6 Å². The number of carbonyl (C=O) groups excluding carboxylic acids is 3. The van der Waals surface area contributed by atoms with Crippen LogP contribution in [0.15, 0.2) is 24.3 Å². The zero-order valence-corrected chi connectivity index (χ0v) is 16.1. The third-order valence-electron chi connectivity index (χ3n) is 4.59. The second-order valence-electron chi connectivity index (χ2n) is 6.83. The number of nitrogens with zero attached hydrogens (tertiary/aromatic N) is 1. The standard InChI is InChI=1S/C20H27N3O5/c1-2-11-21-17(24)9-10-18(25)22-15-7-5-6-14(13-15)19(26)23-12-4-3-8-16(23)20(27)28/h5-7,13,16H,2-4,8-12H2,1H3,(H,21,24)(H,22,25)(H,27,28). The van der Waals surface area contributed by atoms with Crippen LogP contribution in [0.4, 0.5) is 5.69 Å². The van der Waals surface area contributed by atoms with Gasteiger partial charge in [-0.2, -0.15) is 0 Å². The number of anilines is 1. The molecule has 0 aliphatic carbocycles. The van der Waals surface area contributed by atoms with Gasteiger partial charge < -0.3 is 20.6 Å². The molecule has 8 heteroatoms. The van der Waals surface area contributed by atoms with Gasteiger partial charge in [0.2, 0.25) is 11.8 Å². The maximum Gasteiger partial charge on any atom is 0.326 e. The first-order valence-electron chi connectivity index (χ1n) is 9.62. The Balaban J connectivity index is 1.97. The van der Waals surface area contributed by atoms with Crippen LogP contribution in [0.25, 0.3) is 0 Å². The van der Waals surface area contributed by atoms with Crippen LogP contribution in [0.5, 0.6) is 0 Å². The minimum Gasteiger partial charge on any atom is -0.480 e. The first-order valence-corrected chi connectivity index (χ1v) is 9.62. The van der Waals surface area contributed by atoms with E-state index < -0.39 is 12.0 Å². The van der Waals surface area contributed by atoms with Gasteiger partial charge in [-0.25, -0.2) is 4.79 Å². The van der Waals surface area contributed by atoms with Gasteiger partial charge in [0.05, 0.1) is 0 Å². The molecule has 1 aromatic rings. The number of piperidine rings is 1. The molecule has 0 spiro atoms. The zero-order valence-electron chi connectivity index (χ0n) is 16.1. The van der Waals surface area contributed by atoms with Crippen molar-refractivity contribution >= 4 is 29.4 Å². The molecule has 3 amide bonds. The second-order valence-corrected chi connectivity index (χ2v) is 6.83. The SMILES string of the molecule is CCCNC(=O)CCC(=O)Nc1cccc(C(=O)N2CCCCC2C(=O)O)c1. The summed E-state index contributed by atoms with van der Waals surface area (Å²) in [5.41, 5.74) is 0.764. The Labute approximate surface area is 164 Å². The molecule has 0 aromatic heterocycles. The Hall–Kier alpha value is -2.90. The first kappa shape index (κ1) is 21.4. The Morgan fingerprint density at radius 2 is 1.89 bits per heavy atom. The van der Waals surface area contributed by atoms with E-state index in [0.29, 0.717) is 30.8 Å². The molecule has 1 aliphatic heterocycles. The molecule has 2 rings (SSSR count). The maximum absolute atomic E-state index is 12.8. The number of carboxylic acids is 1. The average molecular weight is 389 g/mol. The average Bonchev–Trinajstić information content (AvgIpc) is 2.70. The van der Waals surface area contributed by atoms with Crippen molar-refractivity contribution in [2.45, 2.75) is 51.5 Å². The molecular formula is C20H27N3O5. The molecule has 28 heavy (non-hydrogen) atoms. The lowest BCUT2D eigenvalue weighted by Crippen LogP contribution is -2.48. The number of amides is 3. The van der Waals surface area contributed by atoms with Crippen molar-refractivity contribution in [3.8, 4) is 0 Å². The lowest BCUT2D eigenvalue weighted by Gasteiger charge is -2.33. The van der Waals surface area contributed by atoms with E-state index in [1.54, 1.807) is 18.2 Å². The number of carboxylic acid groups (broad SMARTS) is 1. The number of hydrogen-bond acceptors (Lipinski definition) is 4. The Bertz CT molecular complexity index is 734. The summed E-state index contributed by atoms with van der Waals surface area (Å²) in [6.07, 6.45) is 2.96. The zero-order chi connectivity index (χ0) is 20.5. The normalized spacial score (nSPS) is 16.3. The maximum atomic E-state index is 12.8. The van der Waals surface area contributed by atoms with E-state index in [9.17, 15) is 24.3 Å². The molecule has 8 nitrogen and oxygen atoms in total. The Morgan fingerprint density at radius 3 is 2.61 bits per heavy atom. The molecule has 1 unspecified atom stereocenters. The molecule has 1 heterocycles. The smallest absolute Gasteiger partial charge is 0.326 e. The minimum absolute atomic E-state index is 0.0426. The molecule has 1 aliphatic rings. The van der Waals surface area contributed by atoms with E-state index in [0.717, 1.165) is 19.3 Å². The van der Waals surface area contributed by atoms with E-state index >= 15 is 0 Å². The highest BCUT2D eigenvalue weighted by Crippen LogP contribution is 2.21. The first-order chi connectivity index (χ1) is 13.4. The van der Waals surface area contributed by atoms with Crippen LogP contribution in [0, 0.1) is 0 Å². The number of aliphatic carboxylic acids is 1. The predicted molar refractivity (Wildman–Crippen MR) is 104 cm³/mol. The Morgan fingerprint density at radius 1 is 1.14 bits per heavy atom. The van der Waals surface area contributed by atoms with Gasteiger partial charge in [0.25, 0.3) is 5.91 Å². The van der Waals surface area contributed by atoms with Crippen LogP contribution in [0.1, 0.15) is 55.8 Å². The third-order valence-corrected chi connectivity index (χ3v) is 4.59. The number of hydrogen-bond donors (Lipinski definition) is 3. The molecule has 3 N–H and O–H groups in total. The largest absolute Gasteiger partial charge is 0.480 e. The summed E-state index contributed by atoms with van der Waals surface area (Å²) in [6.45, 7) is 2.93. The molecule has 1 atom stereocenters. The monoisotopic (exact) mass is 389 g/mol. The van der Waals surface area contributed by atoms with Gasteiger partial charge in [-0.1, -0.05) is 13.0 Å². The number of nitrogens with one attached hydrogen (secondary N) is 2. The lowest BCUT2D eigenvalue weighted by atomic mass is 10.0. The van der Waals surface area contributed by atoms with Crippen LogP contribution in [-0.2, 0) is 14.4 Å². The predicted octanol–water partition coefficient (Wildman–Crippen LogP) is 2.01. The van der Waals surface area contributed by atoms with Gasteiger partial charge in [0.15, 0.2) is 0 Å². The fraction of sp³-hybridized carbons (Fsp3) is 0.500. The fourth-order valence-electron chi connectivity index (χ4n) is 3.13. The van der Waals surface area contributed by atoms with Crippen molar-refractivity contribution < 1.29 is 24.3 Å². The van der Waals surface area contributed by atoms with E-state index in [1.807, 2.05) is 6.92 Å². The van der Waals surface area contributed by atoms with Crippen LogP contribution >= 0.6 is 0 Å². The number of rotatable bonds is 8. The van der Waals surface area contributed by atoms with Gasteiger partial charge in [0.1, 0.15) is 6.04 Å². The second kappa shape index (κ2) is 10.4. The van der Waals surface area contributed by atoms with Crippen molar-refractivity contribution in [3.05, 3.63) is 29.8 Å². The van der Waals surface area contributed by atoms with Crippen LogP contribution in [0.2, 0.25) is 0 Å². The third kappa shape index (κ3) is 6.07. The van der Waals surface area contributed by atoms with Crippen LogP contribution in [0.3, 0.4) is 0 Å². The van der Waals surface area contributed by atoms with Gasteiger partial charge >= 0.3 is 5.97 Å². The molecule has 1 saturated heterocycles. The summed E-state index contributed by atoms with van der Waals surface area (Å²) in [5.74, 6) is -1.86. The van der Waals surface area contributed by atoms with Crippen molar-refractivity contribution in [1.82, 2.24) is 10.2 Å². The van der Waals surface area contributed by atoms with Crippen LogP contribution in [-0.4, -0.2) is 52.8 Å². The summed E-state index contributed by atoms with van der Waals surface area (Å²) in [6, 6.07) is 5.60. The molecule has 0 bridgehead atoms. The van der Waals surface area contributed by atoms with Gasteiger partial charge in [-0.15, -0.1) is 0 Å². The summed E-state index contributed by atoms with van der Waals surface area (Å²) in [5, 5.41) is 14.7. The van der Waals surface area contributed by atoms with Crippen LogP contribution < -0.4 is 10.6 Å². The Kier molecular flexibility index (Phi) is 7.98. The van der Waals surface area contributed by atoms with Gasteiger partial charge in [-0.3, -0.25) is 14.4 Å². The lowest BCUT2D eigenvalue weighted by molar-refractivity contribution is -0.143. The van der Waals surface area contributed by atoms with E-state index in [1.165, 1.54) is 11.0 Å². The summed E-state index contributed by atoms with van der Waals surface area (Å²) in [7, 11) is 0. The topological polar surface area (TPSA) is 116 Å². The summed E-state index contributed by atoms with van der Waals surface area (Å²) < 4.78 is 0. The highest BCUT2D eigenvalue weighted by molar-refractivity contribution is 5.99.